The largest absolute Gasteiger partial charge is 0.408 e. The molecule has 130 valence electrons. The summed E-state index contributed by atoms with van der Waals surface area (Å²) in [6.45, 7) is 5.04. The minimum atomic E-state index is -4.53. The van der Waals surface area contributed by atoms with E-state index in [-0.39, 0.29) is 30.4 Å². The highest BCUT2D eigenvalue weighted by Gasteiger charge is 2.42. The highest BCUT2D eigenvalue weighted by atomic mass is 32.2. The third kappa shape index (κ3) is 6.85. The van der Waals surface area contributed by atoms with Crippen LogP contribution < -0.4 is 10.6 Å². The molecule has 0 unspecified atom stereocenters. The average molecular weight is 344 g/mol. The SMILES string of the molecule is CC(C)(C)C[C@@H](NC(=O)NC[C@H]1CCS(=O)(=O)C1)C(F)(F)F. The third-order valence-corrected chi connectivity index (χ3v) is 5.23. The minimum Gasteiger partial charge on any atom is -0.338 e. The fraction of sp³-hybridized carbons (Fsp3) is 0.923. The summed E-state index contributed by atoms with van der Waals surface area (Å²) in [5, 5.41) is 4.27. The van der Waals surface area contributed by atoms with Crippen LogP contribution in [0.1, 0.15) is 33.6 Å². The lowest BCUT2D eigenvalue weighted by Gasteiger charge is -2.28. The zero-order valence-electron chi connectivity index (χ0n) is 13.0. The number of halogens is 3. The van der Waals surface area contributed by atoms with Gasteiger partial charge in [-0.05, 0) is 24.2 Å². The summed E-state index contributed by atoms with van der Waals surface area (Å²) in [5.41, 5.74) is -0.590. The Bertz CT molecular complexity index is 498. The molecule has 0 saturated carbocycles. The molecule has 1 rings (SSSR count). The first kappa shape index (κ1) is 19.1. The van der Waals surface area contributed by atoms with Crippen molar-refractivity contribution in [3.8, 4) is 0 Å². The van der Waals surface area contributed by atoms with Gasteiger partial charge in [0.15, 0.2) is 9.84 Å². The Kier molecular flexibility index (Phi) is 5.75. The molecule has 1 aliphatic heterocycles. The molecule has 0 spiro atoms. The first-order chi connectivity index (χ1) is 9.78. The van der Waals surface area contributed by atoms with Gasteiger partial charge >= 0.3 is 12.2 Å². The first-order valence-electron chi connectivity index (χ1n) is 7.10. The van der Waals surface area contributed by atoms with Crippen LogP contribution >= 0.6 is 0 Å². The van der Waals surface area contributed by atoms with Crippen LogP contribution in [0.5, 0.6) is 0 Å². The summed E-state index contributed by atoms with van der Waals surface area (Å²) in [4.78, 5) is 11.6. The quantitative estimate of drug-likeness (QED) is 0.820. The number of amides is 2. The Labute approximate surface area is 128 Å². The molecule has 0 aliphatic carbocycles. The second kappa shape index (κ2) is 6.64. The molecule has 0 aromatic carbocycles. The van der Waals surface area contributed by atoms with Crippen LogP contribution in [0.4, 0.5) is 18.0 Å². The number of urea groups is 1. The Morgan fingerprint density at radius 3 is 2.27 bits per heavy atom. The molecular formula is C13H23F3N2O3S. The lowest BCUT2D eigenvalue weighted by atomic mass is 9.88. The van der Waals surface area contributed by atoms with Crippen molar-refractivity contribution >= 4 is 15.9 Å². The number of hydrogen-bond acceptors (Lipinski definition) is 3. The van der Waals surface area contributed by atoms with Crippen molar-refractivity contribution in [3.05, 3.63) is 0 Å². The summed E-state index contributed by atoms with van der Waals surface area (Å²) in [5.74, 6) is -0.198. The topological polar surface area (TPSA) is 75.3 Å². The molecule has 22 heavy (non-hydrogen) atoms. The summed E-state index contributed by atoms with van der Waals surface area (Å²) in [6, 6.07) is -2.85. The molecule has 0 aromatic heterocycles. The molecule has 2 N–H and O–H groups in total. The van der Waals surface area contributed by atoms with Crippen molar-refractivity contribution in [1.29, 1.82) is 0 Å². The molecule has 0 aromatic rings. The lowest BCUT2D eigenvalue weighted by Crippen LogP contribution is -2.51. The second-order valence-electron chi connectivity index (χ2n) is 6.98. The molecule has 2 amide bonds. The Morgan fingerprint density at radius 1 is 1.27 bits per heavy atom. The summed E-state index contributed by atoms with van der Waals surface area (Å²) in [6.07, 6.45) is -4.34. The van der Waals surface area contributed by atoms with Crippen LogP contribution in [0.3, 0.4) is 0 Å². The molecule has 1 aliphatic rings. The molecule has 1 saturated heterocycles. The number of carbonyl (C=O) groups excluding carboxylic acids is 1. The van der Waals surface area contributed by atoms with E-state index in [1.807, 2.05) is 5.32 Å². The van der Waals surface area contributed by atoms with Crippen molar-refractivity contribution in [1.82, 2.24) is 10.6 Å². The van der Waals surface area contributed by atoms with Crippen LogP contribution in [-0.4, -0.2) is 44.7 Å². The van der Waals surface area contributed by atoms with E-state index in [1.165, 1.54) is 0 Å². The van der Waals surface area contributed by atoms with Gasteiger partial charge in [0.25, 0.3) is 0 Å². The van der Waals surface area contributed by atoms with Gasteiger partial charge in [-0.2, -0.15) is 13.2 Å². The minimum absolute atomic E-state index is 0.0298. The van der Waals surface area contributed by atoms with E-state index in [1.54, 1.807) is 20.8 Å². The van der Waals surface area contributed by atoms with Crippen molar-refractivity contribution in [2.45, 2.75) is 45.8 Å². The van der Waals surface area contributed by atoms with E-state index in [9.17, 15) is 26.4 Å². The Morgan fingerprint density at radius 2 is 1.86 bits per heavy atom. The van der Waals surface area contributed by atoms with Crippen LogP contribution in [0.25, 0.3) is 0 Å². The predicted octanol–water partition coefficient (Wildman–Crippen LogP) is 2.09. The Balaban J connectivity index is 2.50. The first-order valence-corrected chi connectivity index (χ1v) is 8.92. The predicted molar refractivity (Wildman–Crippen MR) is 77.2 cm³/mol. The molecule has 0 bridgehead atoms. The smallest absolute Gasteiger partial charge is 0.338 e. The molecule has 0 radical (unpaired) electrons. The van der Waals surface area contributed by atoms with Gasteiger partial charge in [-0.15, -0.1) is 0 Å². The third-order valence-electron chi connectivity index (χ3n) is 3.39. The summed E-state index contributed by atoms with van der Waals surface area (Å²) >= 11 is 0. The standard InChI is InChI=1S/C13H23F3N2O3S/c1-12(2,3)6-10(13(14,15)16)18-11(19)17-7-9-4-5-22(20,21)8-9/h9-10H,4-8H2,1-3H3,(H2,17,18,19)/t9-,10-/m1/s1. The molecule has 1 fully saturated rings. The molecular weight excluding hydrogens is 321 g/mol. The second-order valence-corrected chi connectivity index (χ2v) is 9.21. The van der Waals surface area contributed by atoms with E-state index in [4.69, 9.17) is 0 Å². The zero-order valence-corrected chi connectivity index (χ0v) is 13.8. The van der Waals surface area contributed by atoms with Gasteiger partial charge in [0.2, 0.25) is 0 Å². The van der Waals surface area contributed by atoms with Gasteiger partial charge < -0.3 is 10.6 Å². The van der Waals surface area contributed by atoms with Crippen molar-refractivity contribution in [2.75, 3.05) is 18.1 Å². The lowest BCUT2D eigenvalue weighted by molar-refractivity contribution is -0.159. The van der Waals surface area contributed by atoms with Crippen LogP contribution in [0.15, 0.2) is 0 Å². The normalized spacial score (nSPS) is 23.1. The van der Waals surface area contributed by atoms with Crippen LogP contribution in [0, 0.1) is 11.3 Å². The molecule has 1 heterocycles. The van der Waals surface area contributed by atoms with E-state index in [2.05, 4.69) is 5.32 Å². The number of rotatable bonds is 4. The highest BCUT2D eigenvalue weighted by molar-refractivity contribution is 7.91. The molecule has 2 atom stereocenters. The van der Waals surface area contributed by atoms with Gasteiger partial charge in [-0.25, -0.2) is 13.2 Å². The van der Waals surface area contributed by atoms with E-state index < -0.39 is 33.5 Å². The van der Waals surface area contributed by atoms with E-state index in [0.29, 0.717) is 6.42 Å². The monoisotopic (exact) mass is 344 g/mol. The van der Waals surface area contributed by atoms with Crippen molar-refractivity contribution in [3.63, 3.8) is 0 Å². The maximum absolute atomic E-state index is 12.9. The number of carbonyl (C=O) groups is 1. The number of sulfone groups is 1. The van der Waals surface area contributed by atoms with Crippen molar-refractivity contribution < 1.29 is 26.4 Å². The van der Waals surface area contributed by atoms with Gasteiger partial charge in [-0.1, -0.05) is 20.8 Å². The maximum atomic E-state index is 12.9. The number of nitrogens with one attached hydrogen (secondary N) is 2. The van der Waals surface area contributed by atoms with Gasteiger partial charge in [0.1, 0.15) is 6.04 Å². The van der Waals surface area contributed by atoms with Crippen LogP contribution in [-0.2, 0) is 9.84 Å². The number of alkyl halides is 3. The van der Waals surface area contributed by atoms with Gasteiger partial charge in [0, 0.05) is 6.54 Å². The molecule has 5 nitrogen and oxygen atoms in total. The number of hydrogen-bond donors (Lipinski definition) is 2. The maximum Gasteiger partial charge on any atom is 0.408 e. The zero-order chi connectivity index (χ0) is 17.2. The average Bonchev–Trinajstić information content (AvgIpc) is 2.62. The Hall–Kier alpha value is -0.990. The van der Waals surface area contributed by atoms with Crippen molar-refractivity contribution in [2.24, 2.45) is 11.3 Å². The van der Waals surface area contributed by atoms with Gasteiger partial charge in [0.05, 0.1) is 11.5 Å². The summed E-state index contributed by atoms with van der Waals surface area (Å²) < 4.78 is 61.3. The van der Waals surface area contributed by atoms with Crippen LogP contribution in [0.2, 0.25) is 0 Å². The molecule has 9 heteroatoms. The fourth-order valence-electron chi connectivity index (χ4n) is 2.34. The fourth-order valence-corrected chi connectivity index (χ4v) is 4.20. The highest BCUT2D eigenvalue weighted by Crippen LogP contribution is 2.30. The van der Waals surface area contributed by atoms with Gasteiger partial charge in [-0.3, -0.25) is 0 Å². The van der Waals surface area contributed by atoms with E-state index in [0.717, 1.165) is 0 Å². The van der Waals surface area contributed by atoms with E-state index >= 15 is 0 Å². The summed E-state index contributed by atoms with van der Waals surface area (Å²) in [7, 11) is -3.07.